The molecular formula is C29H32Cl2N8O3. The molecule has 11 nitrogen and oxygen atoms in total. The van der Waals surface area contributed by atoms with E-state index in [0.29, 0.717) is 51.2 Å². The van der Waals surface area contributed by atoms with Crippen LogP contribution in [0.4, 0.5) is 17.5 Å². The second kappa shape index (κ2) is 12.9. The summed E-state index contributed by atoms with van der Waals surface area (Å²) in [6, 6.07) is 9.88. The highest BCUT2D eigenvalue weighted by Crippen LogP contribution is 2.31. The molecule has 1 saturated heterocycles. The first-order chi connectivity index (χ1) is 20.2. The fourth-order valence-corrected chi connectivity index (χ4v) is 5.24. The van der Waals surface area contributed by atoms with Crippen LogP contribution < -0.4 is 25.9 Å². The molecule has 0 aliphatic carbocycles. The minimum absolute atomic E-state index is 0.245. The van der Waals surface area contributed by atoms with Crippen LogP contribution in [-0.2, 0) is 0 Å². The summed E-state index contributed by atoms with van der Waals surface area (Å²) in [6.45, 7) is 3.17. The number of nitrogens with one attached hydrogen (secondary N) is 2. The lowest BCUT2D eigenvalue weighted by atomic mass is 10.1. The quantitative estimate of drug-likeness (QED) is 0.265. The summed E-state index contributed by atoms with van der Waals surface area (Å²) in [5.74, 6) is 0.699. The van der Waals surface area contributed by atoms with Crippen molar-refractivity contribution in [3.05, 3.63) is 68.7 Å². The Morgan fingerprint density at radius 2 is 1.83 bits per heavy atom. The van der Waals surface area contributed by atoms with E-state index in [1.54, 1.807) is 36.5 Å². The number of piperidine rings is 1. The molecular weight excluding hydrogens is 579 g/mol. The van der Waals surface area contributed by atoms with Crippen LogP contribution in [0.1, 0.15) is 29.6 Å². The maximum Gasteiger partial charge on any atom is 0.293 e. The Kier molecular flexibility index (Phi) is 9.10. The van der Waals surface area contributed by atoms with Crippen molar-refractivity contribution in [3.63, 3.8) is 0 Å². The Bertz CT molecular complexity index is 1670. The molecule has 1 aliphatic rings. The number of aromatic nitrogens is 4. The second-order valence-electron chi connectivity index (χ2n) is 10.3. The van der Waals surface area contributed by atoms with Crippen molar-refractivity contribution in [1.29, 1.82) is 0 Å². The molecule has 0 unspecified atom stereocenters. The summed E-state index contributed by atoms with van der Waals surface area (Å²) in [4.78, 5) is 49.7. The van der Waals surface area contributed by atoms with Gasteiger partial charge in [0.25, 0.3) is 11.5 Å². The van der Waals surface area contributed by atoms with E-state index in [-0.39, 0.29) is 16.6 Å². The van der Waals surface area contributed by atoms with Gasteiger partial charge in [0.15, 0.2) is 5.65 Å². The van der Waals surface area contributed by atoms with E-state index in [1.165, 1.54) is 19.6 Å². The number of hydrogen-bond acceptors (Lipinski definition) is 9. The standard InChI is InChI=1S/C29H32Cl2N8O3/c1-37(2)12-9-32-29-33-17-19-13-22(28(41)39(42-3)26(19)36-29)21-16-20(7-8-23(21)30)34-27(40)18-14-24(31)35-25(15-18)38-10-5-4-6-11-38/h7-8,13-17H,4-6,9-12H2,1-3H3,(H,34,40)(H,32,33,36). The Morgan fingerprint density at radius 1 is 1.05 bits per heavy atom. The number of hydrogen-bond donors (Lipinski definition) is 2. The molecule has 220 valence electrons. The number of amides is 1. The van der Waals surface area contributed by atoms with Crippen molar-refractivity contribution < 1.29 is 9.63 Å². The van der Waals surface area contributed by atoms with Gasteiger partial charge in [-0.15, -0.1) is 4.73 Å². The summed E-state index contributed by atoms with van der Waals surface area (Å²) in [7, 11) is 5.33. The lowest BCUT2D eigenvalue weighted by Crippen LogP contribution is -2.30. The van der Waals surface area contributed by atoms with Crippen LogP contribution in [0.2, 0.25) is 10.2 Å². The molecule has 1 amide bonds. The number of likely N-dealkylation sites (N-methyl/N-ethyl adjacent to an activating group) is 1. The molecule has 0 spiro atoms. The van der Waals surface area contributed by atoms with Gasteiger partial charge in [0, 0.05) is 59.6 Å². The lowest BCUT2D eigenvalue weighted by Gasteiger charge is -2.28. The average Bonchev–Trinajstić information content (AvgIpc) is 2.98. The molecule has 2 N–H and O–H groups in total. The SMILES string of the molecule is COn1c(=O)c(-c2cc(NC(=O)c3cc(Cl)nc(N4CCCCC4)c3)ccc2Cl)cc2cnc(NCCN(C)C)nc21. The van der Waals surface area contributed by atoms with Crippen molar-refractivity contribution >= 4 is 57.6 Å². The highest BCUT2D eigenvalue weighted by molar-refractivity contribution is 6.33. The smallest absolute Gasteiger partial charge is 0.293 e. The van der Waals surface area contributed by atoms with E-state index in [0.717, 1.165) is 37.2 Å². The van der Waals surface area contributed by atoms with Crippen LogP contribution in [0.3, 0.4) is 0 Å². The highest BCUT2D eigenvalue weighted by Gasteiger charge is 2.19. The summed E-state index contributed by atoms with van der Waals surface area (Å²) >= 11 is 12.8. The van der Waals surface area contributed by atoms with Crippen molar-refractivity contribution in [2.24, 2.45) is 0 Å². The highest BCUT2D eigenvalue weighted by atomic mass is 35.5. The van der Waals surface area contributed by atoms with Crippen LogP contribution in [0.15, 0.2) is 47.4 Å². The molecule has 5 rings (SSSR count). The van der Waals surface area contributed by atoms with E-state index >= 15 is 0 Å². The molecule has 0 saturated carbocycles. The third-order valence-electron chi connectivity index (χ3n) is 6.96. The van der Waals surface area contributed by atoms with Crippen LogP contribution in [0.5, 0.6) is 0 Å². The Hall–Kier alpha value is -3.93. The van der Waals surface area contributed by atoms with Gasteiger partial charge in [0.1, 0.15) is 18.1 Å². The number of carbonyl (C=O) groups is 1. The van der Waals surface area contributed by atoms with Gasteiger partial charge in [-0.2, -0.15) is 4.98 Å². The van der Waals surface area contributed by atoms with Crippen molar-refractivity contribution in [1.82, 2.24) is 24.6 Å². The molecule has 3 aromatic heterocycles. The number of halogens is 2. The number of fused-ring (bicyclic) bond motifs is 1. The second-order valence-corrected chi connectivity index (χ2v) is 11.1. The zero-order valence-electron chi connectivity index (χ0n) is 23.7. The molecule has 13 heteroatoms. The first-order valence-corrected chi connectivity index (χ1v) is 14.4. The zero-order chi connectivity index (χ0) is 29.8. The van der Waals surface area contributed by atoms with Gasteiger partial charge >= 0.3 is 0 Å². The van der Waals surface area contributed by atoms with Gasteiger partial charge < -0.3 is 25.3 Å². The Labute approximate surface area is 253 Å². The van der Waals surface area contributed by atoms with Crippen molar-refractivity contribution in [3.8, 4) is 11.1 Å². The van der Waals surface area contributed by atoms with E-state index in [2.05, 4.69) is 30.5 Å². The third-order valence-corrected chi connectivity index (χ3v) is 7.49. The first-order valence-electron chi connectivity index (χ1n) is 13.6. The van der Waals surface area contributed by atoms with Crippen LogP contribution in [0, 0.1) is 0 Å². The number of anilines is 3. The van der Waals surface area contributed by atoms with E-state index in [1.807, 2.05) is 19.0 Å². The van der Waals surface area contributed by atoms with E-state index in [9.17, 15) is 9.59 Å². The van der Waals surface area contributed by atoms with Crippen LogP contribution in [-0.4, -0.2) is 77.9 Å². The largest absolute Gasteiger partial charge is 0.412 e. The fraction of sp³-hybridized carbons (Fsp3) is 0.345. The minimum Gasteiger partial charge on any atom is -0.412 e. The fourth-order valence-electron chi connectivity index (χ4n) is 4.82. The molecule has 42 heavy (non-hydrogen) atoms. The lowest BCUT2D eigenvalue weighted by molar-refractivity contribution is 0.102. The summed E-state index contributed by atoms with van der Waals surface area (Å²) in [5, 5.41) is 7.19. The maximum atomic E-state index is 13.5. The van der Waals surface area contributed by atoms with Gasteiger partial charge in [-0.3, -0.25) is 9.59 Å². The van der Waals surface area contributed by atoms with E-state index in [4.69, 9.17) is 28.0 Å². The predicted octanol–water partition coefficient (Wildman–Crippen LogP) is 4.43. The minimum atomic E-state index is -0.458. The van der Waals surface area contributed by atoms with E-state index < -0.39 is 5.56 Å². The number of benzene rings is 1. The molecule has 4 heterocycles. The van der Waals surface area contributed by atoms with Crippen molar-refractivity contribution in [2.45, 2.75) is 19.3 Å². The van der Waals surface area contributed by atoms with Gasteiger partial charge in [-0.05, 0) is 69.8 Å². The van der Waals surface area contributed by atoms with Gasteiger partial charge in [0.2, 0.25) is 5.95 Å². The Balaban J connectivity index is 1.44. The maximum absolute atomic E-state index is 13.5. The van der Waals surface area contributed by atoms with Crippen molar-refractivity contribution in [2.75, 3.05) is 62.9 Å². The molecule has 0 radical (unpaired) electrons. The number of carbonyl (C=O) groups excluding carboxylic acids is 1. The molecule has 0 bridgehead atoms. The van der Waals surface area contributed by atoms with Gasteiger partial charge in [-0.1, -0.05) is 23.2 Å². The molecule has 1 aliphatic heterocycles. The molecule has 4 aromatic rings. The molecule has 1 fully saturated rings. The summed E-state index contributed by atoms with van der Waals surface area (Å²) in [5.41, 5.74) is 1.37. The van der Waals surface area contributed by atoms with Crippen LogP contribution >= 0.6 is 23.2 Å². The van der Waals surface area contributed by atoms with Gasteiger partial charge in [-0.25, -0.2) is 9.97 Å². The monoisotopic (exact) mass is 610 g/mol. The average molecular weight is 612 g/mol. The number of rotatable bonds is 9. The topological polar surface area (TPSA) is 118 Å². The first kappa shape index (κ1) is 29.6. The van der Waals surface area contributed by atoms with Gasteiger partial charge in [0.05, 0.1) is 5.56 Å². The predicted molar refractivity (Wildman–Crippen MR) is 167 cm³/mol. The molecule has 0 atom stereocenters. The summed E-state index contributed by atoms with van der Waals surface area (Å²) in [6.07, 6.45) is 4.94. The van der Waals surface area contributed by atoms with Crippen LogP contribution in [0.25, 0.3) is 22.2 Å². The number of pyridine rings is 2. The third kappa shape index (κ3) is 6.59. The summed E-state index contributed by atoms with van der Waals surface area (Å²) < 4.78 is 1.10. The Morgan fingerprint density at radius 3 is 2.57 bits per heavy atom. The molecule has 1 aromatic carbocycles. The number of nitrogens with zero attached hydrogens (tertiary/aromatic N) is 6. The zero-order valence-corrected chi connectivity index (χ0v) is 25.2. The normalized spacial score (nSPS) is 13.4.